The number of thiophene rings is 1. The molecule has 8 heteroatoms. The molecule has 2 aliphatic rings. The topological polar surface area (TPSA) is 85.0 Å². The Morgan fingerprint density at radius 2 is 2.08 bits per heavy atom. The van der Waals surface area contributed by atoms with Gasteiger partial charge in [-0.15, -0.1) is 11.3 Å². The van der Waals surface area contributed by atoms with Gasteiger partial charge in [-0.05, 0) is 42.0 Å². The summed E-state index contributed by atoms with van der Waals surface area (Å²) in [6.45, 7) is 1.64. The zero-order valence-electron chi connectivity index (χ0n) is 13.8. The predicted octanol–water partition coefficient (Wildman–Crippen LogP) is 3.60. The van der Waals surface area contributed by atoms with Crippen molar-refractivity contribution in [1.29, 1.82) is 0 Å². The highest BCUT2D eigenvalue weighted by Crippen LogP contribution is 2.32. The first-order valence-corrected chi connectivity index (χ1v) is 9.09. The van der Waals surface area contributed by atoms with Crippen LogP contribution in [0.1, 0.15) is 23.3 Å². The Morgan fingerprint density at radius 3 is 2.77 bits per heavy atom. The Morgan fingerprint density at radius 1 is 1.27 bits per heavy atom. The second kappa shape index (κ2) is 6.72. The van der Waals surface area contributed by atoms with Crippen molar-refractivity contribution in [1.82, 2.24) is 0 Å². The van der Waals surface area contributed by atoms with Crippen molar-refractivity contribution in [2.75, 3.05) is 18.0 Å². The molecule has 0 N–H and O–H groups in total. The van der Waals surface area contributed by atoms with E-state index in [0.717, 1.165) is 30.8 Å². The first-order valence-electron chi connectivity index (χ1n) is 8.21. The standard InChI is InChI=1S/C18H15N3O4S/c22-18-13(19-17(25-18)16-4-3-9-26-16)10-12-5-6-14(15(11-12)21(23)24)20-7-1-2-8-20/h3-6,9-11H,1-2,7-8H2/b13-10+. The van der Waals surface area contributed by atoms with Crippen LogP contribution in [0.5, 0.6) is 0 Å². The molecule has 132 valence electrons. The van der Waals surface area contributed by atoms with Gasteiger partial charge in [-0.25, -0.2) is 9.79 Å². The first kappa shape index (κ1) is 16.5. The minimum absolute atomic E-state index is 0.0371. The molecule has 1 saturated heterocycles. The molecule has 1 fully saturated rings. The fourth-order valence-electron chi connectivity index (χ4n) is 3.07. The summed E-state index contributed by atoms with van der Waals surface area (Å²) in [7, 11) is 0. The van der Waals surface area contributed by atoms with E-state index in [1.807, 2.05) is 22.4 Å². The zero-order valence-corrected chi connectivity index (χ0v) is 14.6. The lowest BCUT2D eigenvalue weighted by molar-refractivity contribution is -0.384. The normalized spacial score (nSPS) is 18.3. The van der Waals surface area contributed by atoms with Gasteiger partial charge in [0, 0.05) is 19.2 Å². The summed E-state index contributed by atoms with van der Waals surface area (Å²) in [5.74, 6) is -0.292. The fourth-order valence-corrected chi connectivity index (χ4v) is 3.72. The van der Waals surface area contributed by atoms with Crippen molar-refractivity contribution >= 4 is 40.7 Å². The molecule has 3 heterocycles. The van der Waals surface area contributed by atoms with E-state index in [4.69, 9.17) is 4.74 Å². The molecule has 2 aliphatic heterocycles. The number of anilines is 1. The Labute approximate surface area is 153 Å². The molecule has 0 amide bonds. The van der Waals surface area contributed by atoms with Crippen LogP contribution in [0.25, 0.3) is 6.08 Å². The van der Waals surface area contributed by atoms with Gasteiger partial charge in [-0.3, -0.25) is 10.1 Å². The molecule has 4 rings (SSSR count). The number of rotatable bonds is 4. The molecular weight excluding hydrogens is 354 g/mol. The summed E-state index contributed by atoms with van der Waals surface area (Å²) in [5.41, 5.74) is 1.33. The number of nitro groups is 1. The van der Waals surface area contributed by atoms with Crippen LogP contribution in [0.15, 0.2) is 46.4 Å². The van der Waals surface area contributed by atoms with Gasteiger partial charge in [0.2, 0.25) is 5.90 Å². The number of carbonyl (C=O) groups excluding carboxylic acids is 1. The Hall–Kier alpha value is -3.00. The fraction of sp³-hybridized carbons (Fsp3) is 0.222. The minimum atomic E-state index is -0.556. The molecule has 7 nitrogen and oxygen atoms in total. The number of hydrogen-bond acceptors (Lipinski definition) is 7. The van der Waals surface area contributed by atoms with Crippen molar-refractivity contribution in [3.63, 3.8) is 0 Å². The molecule has 2 aromatic rings. The van der Waals surface area contributed by atoms with E-state index in [-0.39, 0.29) is 22.2 Å². The van der Waals surface area contributed by atoms with Crippen LogP contribution >= 0.6 is 11.3 Å². The van der Waals surface area contributed by atoms with Crippen molar-refractivity contribution in [2.24, 2.45) is 4.99 Å². The quantitative estimate of drug-likeness (QED) is 0.356. The summed E-state index contributed by atoms with van der Waals surface area (Å²) >= 11 is 1.42. The van der Waals surface area contributed by atoms with Crippen LogP contribution in [0, 0.1) is 10.1 Å². The number of carbonyl (C=O) groups is 1. The van der Waals surface area contributed by atoms with Gasteiger partial charge in [0.1, 0.15) is 5.69 Å². The van der Waals surface area contributed by atoms with Gasteiger partial charge in [-0.2, -0.15) is 0 Å². The summed E-state index contributed by atoms with van der Waals surface area (Å²) in [6, 6.07) is 8.64. The van der Waals surface area contributed by atoms with E-state index >= 15 is 0 Å². The number of nitrogens with zero attached hydrogens (tertiary/aromatic N) is 3. The molecule has 0 spiro atoms. The number of aliphatic imine (C=N–C) groups is 1. The number of benzene rings is 1. The summed E-state index contributed by atoms with van der Waals surface area (Å²) < 4.78 is 5.18. The van der Waals surface area contributed by atoms with Crippen molar-refractivity contribution < 1.29 is 14.5 Å². The third kappa shape index (κ3) is 3.11. The Bertz CT molecular complexity index is 928. The molecule has 1 aromatic carbocycles. The smallest absolute Gasteiger partial charge is 0.363 e. The Balaban J connectivity index is 1.67. The van der Waals surface area contributed by atoms with E-state index < -0.39 is 5.97 Å². The number of cyclic esters (lactones) is 1. The lowest BCUT2D eigenvalue weighted by Gasteiger charge is -2.17. The predicted molar refractivity (Wildman–Crippen MR) is 99.5 cm³/mol. The number of nitro benzene ring substituents is 1. The molecule has 26 heavy (non-hydrogen) atoms. The van der Waals surface area contributed by atoms with E-state index in [1.165, 1.54) is 23.5 Å². The van der Waals surface area contributed by atoms with E-state index in [9.17, 15) is 14.9 Å². The van der Waals surface area contributed by atoms with Gasteiger partial charge in [0.05, 0.1) is 9.80 Å². The largest absolute Gasteiger partial charge is 0.401 e. The van der Waals surface area contributed by atoms with Crippen LogP contribution in [0.3, 0.4) is 0 Å². The summed E-state index contributed by atoms with van der Waals surface area (Å²) in [5, 5.41) is 13.3. The van der Waals surface area contributed by atoms with Crippen molar-refractivity contribution in [2.45, 2.75) is 12.8 Å². The highest BCUT2D eigenvalue weighted by molar-refractivity contribution is 7.12. The third-order valence-corrected chi connectivity index (χ3v) is 5.16. The Kier molecular flexibility index (Phi) is 4.26. The van der Waals surface area contributed by atoms with Crippen LogP contribution < -0.4 is 4.90 Å². The average Bonchev–Trinajstić information content (AvgIpc) is 3.37. The van der Waals surface area contributed by atoms with Gasteiger partial charge < -0.3 is 9.64 Å². The average molecular weight is 369 g/mol. The molecule has 0 aliphatic carbocycles. The highest BCUT2D eigenvalue weighted by atomic mass is 32.1. The van der Waals surface area contributed by atoms with Gasteiger partial charge in [0.15, 0.2) is 5.70 Å². The maximum Gasteiger partial charge on any atom is 0.363 e. The molecule has 0 saturated carbocycles. The number of esters is 1. The molecule has 0 radical (unpaired) electrons. The minimum Gasteiger partial charge on any atom is -0.401 e. The molecular formula is C18H15N3O4S. The van der Waals surface area contributed by atoms with Crippen LogP contribution in [-0.4, -0.2) is 29.9 Å². The van der Waals surface area contributed by atoms with E-state index in [2.05, 4.69) is 4.99 Å². The highest BCUT2D eigenvalue weighted by Gasteiger charge is 2.26. The van der Waals surface area contributed by atoms with Crippen molar-refractivity contribution in [3.05, 3.63) is 62.0 Å². The second-order valence-electron chi connectivity index (χ2n) is 6.01. The lowest BCUT2D eigenvalue weighted by atomic mass is 10.1. The lowest BCUT2D eigenvalue weighted by Crippen LogP contribution is -2.18. The monoisotopic (exact) mass is 369 g/mol. The van der Waals surface area contributed by atoms with Gasteiger partial charge in [-0.1, -0.05) is 12.1 Å². The van der Waals surface area contributed by atoms with Crippen molar-refractivity contribution in [3.8, 4) is 0 Å². The van der Waals surface area contributed by atoms with E-state index in [1.54, 1.807) is 12.1 Å². The maximum absolute atomic E-state index is 12.0. The maximum atomic E-state index is 12.0. The molecule has 1 aromatic heterocycles. The second-order valence-corrected chi connectivity index (χ2v) is 6.96. The number of ether oxygens (including phenoxy) is 1. The summed E-state index contributed by atoms with van der Waals surface area (Å²) in [4.78, 5) is 30.1. The molecule has 0 atom stereocenters. The molecule has 0 bridgehead atoms. The summed E-state index contributed by atoms with van der Waals surface area (Å²) in [6.07, 6.45) is 3.59. The van der Waals surface area contributed by atoms with Gasteiger partial charge in [0.25, 0.3) is 5.69 Å². The van der Waals surface area contributed by atoms with Crippen LogP contribution in [0.2, 0.25) is 0 Å². The number of hydrogen-bond donors (Lipinski definition) is 0. The molecule has 0 unspecified atom stereocenters. The van der Waals surface area contributed by atoms with E-state index in [0.29, 0.717) is 11.3 Å². The first-order chi connectivity index (χ1) is 12.6. The zero-order chi connectivity index (χ0) is 18.1. The SMILES string of the molecule is O=C1OC(c2cccs2)=N/C1=C/c1ccc(N2CCCC2)c([N+](=O)[O-])c1. The van der Waals surface area contributed by atoms with Gasteiger partial charge >= 0.3 is 5.97 Å². The van der Waals surface area contributed by atoms with Crippen LogP contribution in [0.4, 0.5) is 11.4 Å². The third-order valence-electron chi connectivity index (χ3n) is 4.30. The van der Waals surface area contributed by atoms with Crippen LogP contribution in [-0.2, 0) is 9.53 Å².